The molecule has 0 fully saturated rings. The molecule has 0 bridgehead atoms. The third-order valence-electron chi connectivity index (χ3n) is 3.96. The normalized spacial score (nSPS) is 17.5. The van der Waals surface area contributed by atoms with Gasteiger partial charge in [0.15, 0.2) is 5.82 Å². The van der Waals surface area contributed by atoms with E-state index in [1.807, 2.05) is 30.3 Å². The Bertz CT molecular complexity index is 826. The van der Waals surface area contributed by atoms with Gasteiger partial charge in [-0.2, -0.15) is 0 Å². The van der Waals surface area contributed by atoms with Gasteiger partial charge in [0.2, 0.25) is 0 Å². The predicted octanol–water partition coefficient (Wildman–Crippen LogP) is 3.09. The molecule has 2 amide bonds. The van der Waals surface area contributed by atoms with E-state index in [-0.39, 0.29) is 12.6 Å². The summed E-state index contributed by atoms with van der Waals surface area (Å²) < 4.78 is 10.3. The van der Waals surface area contributed by atoms with Crippen LogP contribution in [0, 0.1) is 6.92 Å². The molecule has 25 heavy (non-hydrogen) atoms. The van der Waals surface area contributed by atoms with Crippen molar-refractivity contribution in [2.24, 2.45) is 0 Å². The van der Waals surface area contributed by atoms with E-state index in [0.717, 1.165) is 5.56 Å². The second-order valence-corrected chi connectivity index (χ2v) is 5.64. The maximum absolute atomic E-state index is 12.7. The highest BCUT2D eigenvalue weighted by molar-refractivity contribution is 6.02. The van der Waals surface area contributed by atoms with Gasteiger partial charge in [-0.1, -0.05) is 35.5 Å². The van der Waals surface area contributed by atoms with Crippen molar-refractivity contribution in [2.75, 3.05) is 11.5 Å². The molecule has 7 heteroatoms. The predicted molar refractivity (Wildman–Crippen MR) is 90.8 cm³/mol. The Kier molecular flexibility index (Phi) is 4.56. The summed E-state index contributed by atoms with van der Waals surface area (Å²) in [6, 6.07) is 9.96. The number of ether oxygens (including phenoxy) is 1. The molecule has 0 aliphatic carbocycles. The summed E-state index contributed by atoms with van der Waals surface area (Å²) in [4.78, 5) is 26.6. The number of nitrogens with one attached hydrogen (secondary N) is 1. The van der Waals surface area contributed by atoms with Crippen LogP contribution in [0.5, 0.6) is 0 Å². The fraction of sp³-hybridized carbons (Fsp3) is 0.278. The first-order valence-electron chi connectivity index (χ1n) is 7.99. The summed E-state index contributed by atoms with van der Waals surface area (Å²) in [5.74, 6) is 0.415. The number of allylic oxidation sites excluding steroid dienone is 1. The number of aryl methyl sites for hydroxylation is 1. The summed E-state index contributed by atoms with van der Waals surface area (Å²) in [6.07, 6.45) is 0. The van der Waals surface area contributed by atoms with Gasteiger partial charge < -0.3 is 14.6 Å². The Morgan fingerprint density at radius 1 is 1.32 bits per heavy atom. The number of rotatable bonds is 4. The average molecular weight is 341 g/mol. The van der Waals surface area contributed by atoms with Gasteiger partial charge in [0, 0.05) is 11.8 Å². The van der Waals surface area contributed by atoms with Gasteiger partial charge in [-0.25, -0.2) is 14.5 Å². The molecule has 2 aromatic rings. The summed E-state index contributed by atoms with van der Waals surface area (Å²) in [7, 11) is 0. The van der Waals surface area contributed by atoms with Gasteiger partial charge >= 0.3 is 12.0 Å². The monoisotopic (exact) mass is 341 g/mol. The highest BCUT2D eigenvalue weighted by Gasteiger charge is 2.38. The van der Waals surface area contributed by atoms with E-state index in [0.29, 0.717) is 22.8 Å². The maximum Gasteiger partial charge on any atom is 0.338 e. The number of carbonyl (C=O) groups is 2. The summed E-state index contributed by atoms with van der Waals surface area (Å²) in [5.41, 5.74) is 1.63. The number of amides is 2. The van der Waals surface area contributed by atoms with Gasteiger partial charge in [0.1, 0.15) is 5.76 Å². The second kappa shape index (κ2) is 6.80. The molecule has 0 radical (unpaired) electrons. The zero-order valence-corrected chi connectivity index (χ0v) is 14.3. The average Bonchev–Trinajstić information content (AvgIpc) is 3.01. The van der Waals surface area contributed by atoms with Crippen molar-refractivity contribution in [1.29, 1.82) is 0 Å². The fourth-order valence-electron chi connectivity index (χ4n) is 2.85. The van der Waals surface area contributed by atoms with Crippen molar-refractivity contribution in [2.45, 2.75) is 26.8 Å². The highest BCUT2D eigenvalue weighted by atomic mass is 16.5. The van der Waals surface area contributed by atoms with Crippen LogP contribution in [0.3, 0.4) is 0 Å². The van der Waals surface area contributed by atoms with Gasteiger partial charge in [0.05, 0.1) is 18.2 Å². The number of hydrogen-bond donors (Lipinski definition) is 1. The molecule has 2 heterocycles. The van der Waals surface area contributed by atoms with E-state index in [1.54, 1.807) is 26.8 Å². The number of anilines is 1. The zero-order valence-electron chi connectivity index (χ0n) is 14.3. The van der Waals surface area contributed by atoms with E-state index in [2.05, 4.69) is 10.5 Å². The molecule has 1 aromatic heterocycles. The lowest BCUT2D eigenvalue weighted by Gasteiger charge is -2.33. The number of benzene rings is 1. The van der Waals surface area contributed by atoms with Crippen molar-refractivity contribution in [3.05, 3.63) is 59.0 Å². The van der Waals surface area contributed by atoms with Crippen LogP contribution in [-0.4, -0.2) is 23.8 Å². The molecular weight excluding hydrogens is 322 g/mol. The van der Waals surface area contributed by atoms with Crippen LogP contribution in [0.2, 0.25) is 0 Å². The minimum Gasteiger partial charge on any atom is -0.463 e. The number of nitrogens with zero attached hydrogens (tertiary/aromatic N) is 2. The summed E-state index contributed by atoms with van der Waals surface area (Å²) >= 11 is 0. The lowest BCUT2D eigenvalue weighted by molar-refractivity contribution is -0.139. The number of carbonyl (C=O) groups excluding carboxylic acids is 2. The quantitative estimate of drug-likeness (QED) is 0.864. The highest BCUT2D eigenvalue weighted by Crippen LogP contribution is 2.33. The van der Waals surface area contributed by atoms with E-state index in [9.17, 15) is 9.59 Å². The lowest BCUT2D eigenvalue weighted by Crippen LogP contribution is -2.48. The van der Waals surface area contributed by atoms with Gasteiger partial charge in [-0.15, -0.1) is 0 Å². The minimum absolute atomic E-state index is 0.244. The van der Waals surface area contributed by atoms with E-state index in [1.165, 1.54) is 4.90 Å². The van der Waals surface area contributed by atoms with E-state index < -0.39 is 12.0 Å². The fourth-order valence-corrected chi connectivity index (χ4v) is 2.85. The molecule has 1 aromatic carbocycles. The van der Waals surface area contributed by atoms with E-state index >= 15 is 0 Å². The number of hydrogen-bond acceptors (Lipinski definition) is 5. The lowest BCUT2D eigenvalue weighted by atomic mass is 9.95. The molecule has 7 nitrogen and oxygen atoms in total. The topological polar surface area (TPSA) is 84.7 Å². The SMILES string of the molecule is CCOC(=O)C1=C(C)N(c2cc(C)on2)C(=O)NC1c1ccccc1. The van der Waals surface area contributed by atoms with Crippen LogP contribution in [0.1, 0.15) is 31.2 Å². The zero-order chi connectivity index (χ0) is 18.0. The molecular formula is C18H19N3O4. The van der Waals surface area contributed by atoms with Gasteiger partial charge in [0.25, 0.3) is 0 Å². The van der Waals surface area contributed by atoms with Crippen LogP contribution in [0.15, 0.2) is 52.2 Å². The molecule has 3 rings (SSSR count). The van der Waals surface area contributed by atoms with Crippen LogP contribution in [0.4, 0.5) is 10.6 Å². The van der Waals surface area contributed by atoms with Crippen molar-refractivity contribution in [1.82, 2.24) is 10.5 Å². The summed E-state index contributed by atoms with van der Waals surface area (Å²) in [5, 5.41) is 6.74. The largest absolute Gasteiger partial charge is 0.463 e. The molecule has 1 aliphatic rings. The third kappa shape index (κ3) is 3.13. The molecule has 0 spiro atoms. The Morgan fingerprint density at radius 2 is 2.04 bits per heavy atom. The molecule has 0 saturated carbocycles. The van der Waals surface area contributed by atoms with Crippen molar-refractivity contribution < 1.29 is 18.8 Å². The summed E-state index contributed by atoms with van der Waals surface area (Å²) in [6.45, 7) is 5.42. The first kappa shape index (κ1) is 16.8. The standard InChI is InChI=1S/C18H19N3O4/c1-4-24-17(22)15-12(3)21(14-10-11(2)25-20-14)18(23)19-16(15)13-8-6-5-7-9-13/h5-10,16H,4H2,1-3H3,(H,19,23). The molecule has 1 aliphatic heterocycles. The van der Waals surface area contributed by atoms with Crippen LogP contribution < -0.4 is 10.2 Å². The Hall–Kier alpha value is -3.09. The van der Waals surface area contributed by atoms with Crippen LogP contribution in [0.25, 0.3) is 0 Å². The molecule has 1 unspecified atom stereocenters. The Labute approximate surface area is 145 Å². The first-order valence-corrected chi connectivity index (χ1v) is 7.99. The second-order valence-electron chi connectivity index (χ2n) is 5.64. The first-order chi connectivity index (χ1) is 12.0. The third-order valence-corrected chi connectivity index (χ3v) is 3.96. The molecule has 1 N–H and O–H groups in total. The molecule has 1 atom stereocenters. The smallest absolute Gasteiger partial charge is 0.338 e. The maximum atomic E-state index is 12.7. The van der Waals surface area contributed by atoms with Crippen LogP contribution >= 0.6 is 0 Å². The van der Waals surface area contributed by atoms with Crippen molar-refractivity contribution >= 4 is 17.8 Å². The number of esters is 1. The molecule has 0 saturated heterocycles. The van der Waals surface area contributed by atoms with Crippen molar-refractivity contribution in [3.8, 4) is 0 Å². The Balaban J connectivity index is 2.11. The molecule has 130 valence electrons. The number of urea groups is 1. The van der Waals surface area contributed by atoms with Crippen molar-refractivity contribution in [3.63, 3.8) is 0 Å². The van der Waals surface area contributed by atoms with Crippen LogP contribution in [-0.2, 0) is 9.53 Å². The van der Waals surface area contributed by atoms with E-state index in [4.69, 9.17) is 9.26 Å². The Morgan fingerprint density at radius 3 is 2.64 bits per heavy atom. The van der Waals surface area contributed by atoms with Gasteiger partial charge in [-0.05, 0) is 26.3 Å². The van der Waals surface area contributed by atoms with Gasteiger partial charge in [-0.3, -0.25) is 0 Å². The number of aromatic nitrogens is 1. The minimum atomic E-state index is -0.586.